The number of aromatic nitrogens is 1. The van der Waals surface area contributed by atoms with Crippen LogP contribution in [-0.4, -0.2) is 41.5 Å². The number of esters is 1. The van der Waals surface area contributed by atoms with E-state index in [9.17, 15) is 19.5 Å². The Bertz CT molecular complexity index is 1610. The molecule has 5 rings (SSSR count). The maximum Gasteiger partial charge on any atom is 0.310 e. The highest BCUT2D eigenvalue weighted by Gasteiger charge is 2.45. The molecule has 0 aliphatic carbocycles. The topological polar surface area (TPSA) is 119 Å². The molecule has 4 aromatic rings. The molecule has 1 unspecified atom stereocenters. The van der Waals surface area contributed by atoms with Gasteiger partial charge in [-0.3, -0.25) is 24.3 Å². The van der Waals surface area contributed by atoms with Crippen LogP contribution in [0.1, 0.15) is 34.6 Å². The minimum atomic E-state index is -0.970. The van der Waals surface area contributed by atoms with E-state index in [1.165, 1.54) is 30.5 Å². The molecule has 3 heterocycles. The quantitative estimate of drug-likeness (QED) is 0.231. The van der Waals surface area contributed by atoms with E-state index in [1.54, 1.807) is 55.5 Å². The maximum atomic E-state index is 13.8. The smallest absolute Gasteiger partial charge is 0.310 e. The van der Waals surface area contributed by atoms with E-state index in [1.807, 2.05) is 0 Å². The zero-order valence-corrected chi connectivity index (χ0v) is 21.8. The minimum Gasteiger partial charge on any atom is -0.503 e. The van der Waals surface area contributed by atoms with Gasteiger partial charge >= 0.3 is 5.97 Å². The van der Waals surface area contributed by atoms with Crippen molar-refractivity contribution < 1.29 is 33.4 Å². The predicted molar refractivity (Wildman–Crippen MR) is 143 cm³/mol. The second-order valence-corrected chi connectivity index (χ2v) is 9.17. The van der Waals surface area contributed by atoms with E-state index in [2.05, 4.69) is 4.98 Å². The minimum absolute atomic E-state index is 0.0720. The number of carbonyl (C=O) groups is 3. The van der Waals surface area contributed by atoms with Crippen LogP contribution in [0.2, 0.25) is 5.02 Å². The Morgan fingerprint density at radius 3 is 2.49 bits per heavy atom. The molecule has 0 saturated carbocycles. The number of aliphatic hydroxyl groups is 1. The third-order valence-corrected chi connectivity index (χ3v) is 6.55. The van der Waals surface area contributed by atoms with Crippen LogP contribution in [0.25, 0.3) is 11.0 Å². The summed E-state index contributed by atoms with van der Waals surface area (Å²) in [4.78, 5) is 44.5. The summed E-state index contributed by atoms with van der Waals surface area (Å²) >= 11 is 6.17. The number of Topliss-reactive ketones (excluding diaryl/α,β-unsaturated/α-hetero) is 1. The average Bonchev–Trinajstić information content (AvgIpc) is 3.47. The third kappa shape index (κ3) is 4.84. The first-order valence-electron chi connectivity index (χ1n) is 12.0. The second kappa shape index (κ2) is 10.6. The summed E-state index contributed by atoms with van der Waals surface area (Å²) in [5.41, 5.74) is 1.82. The van der Waals surface area contributed by atoms with Gasteiger partial charge in [0.15, 0.2) is 22.9 Å². The molecule has 198 valence electrons. The van der Waals surface area contributed by atoms with Crippen LogP contribution in [0.5, 0.6) is 5.75 Å². The van der Waals surface area contributed by atoms with Gasteiger partial charge in [-0.25, -0.2) is 0 Å². The van der Waals surface area contributed by atoms with Crippen LogP contribution in [0.15, 0.2) is 82.7 Å². The van der Waals surface area contributed by atoms with E-state index in [0.717, 1.165) is 0 Å². The molecular weight excluding hydrogens is 524 g/mol. The summed E-state index contributed by atoms with van der Waals surface area (Å²) < 4.78 is 16.2. The van der Waals surface area contributed by atoms with Gasteiger partial charge in [0, 0.05) is 34.6 Å². The SMILES string of the molecule is CCOC(=O)Cc1ccc(N2C(=O)C(O)=C(C(=O)c3cc4cc(Cl)cc(OC)c4o3)C2c2ccncc2)cc1. The van der Waals surface area contributed by atoms with Crippen molar-refractivity contribution in [1.29, 1.82) is 0 Å². The monoisotopic (exact) mass is 546 g/mol. The Hall–Kier alpha value is -4.63. The van der Waals surface area contributed by atoms with E-state index in [0.29, 0.717) is 38.6 Å². The van der Waals surface area contributed by atoms with E-state index < -0.39 is 23.5 Å². The first-order chi connectivity index (χ1) is 18.8. The number of rotatable bonds is 8. The molecule has 1 aliphatic rings. The molecule has 1 aliphatic heterocycles. The number of ether oxygens (including phenoxy) is 2. The lowest BCUT2D eigenvalue weighted by Gasteiger charge is -2.26. The largest absolute Gasteiger partial charge is 0.503 e. The Kier molecular flexibility index (Phi) is 7.08. The Labute approximate surface area is 228 Å². The summed E-state index contributed by atoms with van der Waals surface area (Å²) in [6, 6.07) is 13.7. The highest BCUT2D eigenvalue weighted by atomic mass is 35.5. The number of carbonyl (C=O) groups excluding carboxylic acids is 3. The van der Waals surface area contributed by atoms with Gasteiger partial charge in [-0.15, -0.1) is 0 Å². The molecule has 39 heavy (non-hydrogen) atoms. The zero-order chi connectivity index (χ0) is 27.7. The van der Waals surface area contributed by atoms with Gasteiger partial charge in [-0.2, -0.15) is 0 Å². The summed E-state index contributed by atoms with van der Waals surface area (Å²) in [6.45, 7) is 2.01. The van der Waals surface area contributed by atoms with Crippen molar-refractivity contribution >= 4 is 45.9 Å². The fourth-order valence-electron chi connectivity index (χ4n) is 4.60. The molecule has 2 aromatic carbocycles. The number of pyridine rings is 1. The van der Waals surface area contributed by atoms with E-state index in [-0.39, 0.29) is 30.3 Å². The lowest BCUT2D eigenvalue weighted by molar-refractivity contribution is -0.142. The fraction of sp³-hybridized carbons (Fsp3) is 0.172. The normalized spacial score (nSPS) is 15.2. The molecule has 9 nitrogen and oxygen atoms in total. The van der Waals surface area contributed by atoms with Crippen LogP contribution in [0, 0.1) is 0 Å². The number of benzene rings is 2. The van der Waals surface area contributed by atoms with Crippen molar-refractivity contribution in [3.05, 3.63) is 100 Å². The molecule has 0 radical (unpaired) electrons. The van der Waals surface area contributed by atoms with Crippen molar-refractivity contribution in [3.8, 4) is 5.75 Å². The Morgan fingerprint density at radius 1 is 1.10 bits per heavy atom. The number of hydrogen-bond acceptors (Lipinski definition) is 8. The highest BCUT2D eigenvalue weighted by molar-refractivity contribution is 6.31. The molecule has 1 amide bonds. The van der Waals surface area contributed by atoms with Crippen molar-refractivity contribution in [2.75, 3.05) is 18.6 Å². The van der Waals surface area contributed by atoms with Gasteiger partial charge in [-0.05, 0) is 54.4 Å². The van der Waals surface area contributed by atoms with Gasteiger partial charge in [0.25, 0.3) is 5.91 Å². The van der Waals surface area contributed by atoms with Gasteiger partial charge in [0.05, 0.1) is 31.8 Å². The van der Waals surface area contributed by atoms with Crippen LogP contribution < -0.4 is 9.64 Å². The molecule has 0 saturated heterocycles. The van der Waals surface area contributed by atoms with Crippen LogP contribution in [-0.2, 0) is 20.7 Å². The number of halogens is 1. The third-order valence-electron chi connectivity index (χ3n) is 6.33. The van der Waals surface area contributed by atoms with Crippen molar-refractivity contribution in [1.82, 2.24) is 4.98 Å². The summed E-state index contributed by atoms with van der Waals surface area (Å²) in [5, 5.41) is 11.9. The van der Waals surface area contributed by atoms with Crippen molar-refractivity contribution in [2.24, 2.45) is 0 Å². The molecule has 1 atom stereocenters. The molecule has 0 spiro atoms. The number of hydrogen-bond donors (Lipinski definition) is 1. The number of ketones is 1. The molecule has 10 heteroatoms. The lowest BCUT2D eigenvalue weighted by Crippen LogP contribution is -2.31. The van der Waals surface area contributed by atoms with Crippen LogP contribution in [0.3, 0.4) is 0 Å². The average molecular weight is 547 g/mol. The molecular formula is C29H23ClN2O7. The van der Waals surface area contributed by atoms with Crippen molar-refractivity contribution in [3.63, 3.8) is 0 Å². The lowest BCUT2D eigenvalue weighted by atomic mass is 9.95. The number of nitrogens with zero attached hydrogens (tertiary/aromatic N) is 2. The van der Waals surface area contributed by atoms with E-state index in [4.69, 9.17) is 25.5 Å². The summed E-state index contributed by atoms with van der Waals surface area (Å²) in [7, 11) is 1.45. The molecule has 0 bridgehead atoms. The number of fused-ring (bicyclic) bond motifs is 1. The standard InChI is InChI=1S/C29H23ClN2O7/c1-3-38-23(33)12-16-4-6-20(7-5-16)32-25(17-8-10-31-11-9-17)24(27(35)29(32)36)26(34)21-14-18-13-19(30)15-22(37-2)28(18)39-21/h4-11,13-15,25,35H,3,12H2,1-2H3. The first-order valence-corrected chi connectivity index (χ1v) is 12.4. The molecule has 2 aromatic heterocycles. The number of aliphatic hydroxyl groups excluding tert-OH is 1. The number of amides is 1. The van der Waals surface area contributed by atoms with Crippen molar-refractivity contribution in [2.45, 2.75) is 19.4 Å². The number of anilines is 1. The second-order valence-electron chi connectivity index (χ2n) is 8.73. The molecule has 1 N–H and O–H groups in total. The van der Waals surface area contributed by atoms with Gasteiger partial charge in [0.2, 0.25) is 5.78 Å². The maximum absolute atomic E-state index is 13.8. The fourth-order valence-corrected chi connectivity index (χ4v) is 4.82. The van der Waals surface area contributed by atoms with Crippen LogP contribution in [0.4, 0.5) is 5.69 Å². The summed E-state index contributed by atoms with van der Waals surface area (Å²) in [6.07, 6.45) is 3.14. The van der Waals surface area contributed by atoms with Gasteiger partial charge in [-0.1, -0.05) is 23.7 Å². The summed E-state index contributed by atoms with van der Waals surface area (Å²) in [5.74, 6) is -2.23. The predicted octanol–water partition coefficient (Wildman–Crippen LogP) is 5.38. The van der Waals surface area contributed by atoms with Gasteiger partial charge in [0.1, 0.15) is 0 Å². The number of furan rings is 1. The highest BCUT2D eigenvalue weighted by Crippen LogP contribution is 2.43. The van der Waals surface area contributed by atoms with E-state index >= 15 is 0 Å². The Balaban J connectivity index is 1.56. The van der Waals surface area contributed by atoms with Crippen LogP contribution >= 0.6 is 11.6 Å². The first kappa shape index (κ1) is 26.0. The van der Waals surface area contributed by atoms with Gasteiger partial charge < -0.3 is 19.0 Å². The zero-order valence-electron chi connectivity index (χ0n) is 21.0. The molecule has 0 fully saturated rings. The Morgan fingerprint density at radius 2 is 1.82 bits per heavy atom. The number of methoxy groups -OCH3 is 1.